The number of hydrogen-bond donors (Lipinski definition) is 1. The number of rotatable bonds is 8. The zero-order valence-corrected chi connectivity index (χ0v) is 19.3. The Morgan fingerprint density at radius 2 is 1.84 bits per heavy atom. The first-order chi connectivity index (χ1) is 15.5. The molecule has 1 saturated heterocycles. The second-order valence-electron chi connectivity index (χ2n) is 8.84. The number of oxazole rings is 1. The molecule has 1 aliphatic rings. The highest BCUT2D eigenvalue weighted by molar-refractivity contribution is 5.93. The van der Waals surface area contributed by atoms with Gasteiger partial charge in [0.2, 0.25) is 11.8 Å². The minimum absolute atomic E-state index is 0.0313. The molecule has 7 nitrogen and oxygen atoms in total. The molecular weight excluding hydrogens is 402 g/mol. The molecule has 1 fully saturated rings. The second kappa shape index (κ2) is 10.3. The van der Waals surface area contributed by atoms with Gasteiger partial charge < -0.3 is 19.5 Å². The molecule has 2 heterocycles. The highest BCUT2D eigenvalue weighted by Gasteiger charge is 2.19. The number of amides is 1. The van der Waals surface area contributed by atoms with Crippen molar-refractivity contribution >= 4 is 22.7 Å². The summed E-state index contributed by atoms with van der Waals surface area (Å²) in [4.78, 5) is 24.1. The summed E-state index contributed by atoms with van der Waals surface area (Å²) in [5, 5.41) is 3.07. The van der Waals surface area contributed by atoms with Crippen LogP contribution in [0.3, 0.4) is 0 Å². The summed E-state index contributed by atoms with van der Waals surface area (Å²) < 4.78 is 5.86. The first kappa shape index (κ1) is 22.5. The number of hydrogen-bond acceptors (Lipinski definition) is 6. The van der Waals surface area contributed by atoms with Crippen LogP contribution in [0, 0.1) is 6.92 Å². The minimum atomic E-state index is 0.0313. The van der Waals surface area contributed by atoms with Crippen LogP contribution in [0.2, 0.25) is 0 Å². The Hall–Kier alpha value is -2.74. The summed E-state index contributed by atoms with van der Waals surface area (Å²) in [5.41, 5.74) is 4.34. The quantitative estimate of drug-likeness (QED) is 0.586. The van der Waals surface area contributed by atoms with E-state index >= 15 is 0 Å². The molecule has 1 N–H and O–H groups in total. The second-order valence-corrected chi connectivity index (χ2v) is 8.84. The van der Waals surface area contributed by atoms with E-state index in [-0.39, 0.29) is 5.91 Å². The van der Waals surface area contributed by atoms with Gasteiger partial charge in [-0.25, -0.2) is 4.98 Å². The lowest BCUT2D eigenvalue weighted by atomic mass is 10.1. The molecule has 1 amide bonds. The zero-order valence-electron chi connectivity index (χ0n) is 19.3. The van der Waals surface area contributed by atoms with Crippen molar-refractivity contribution in [2.45, 2.75) is 13.3 Å². The lowest BCUT2D eigenvalue weighted by Crippen LogP contribution is -2.49. The van der Waals surface area contributed by atoms with Crippen molar-refractivity contribution in [1.29, 1.82) is 0 Å². The molecule has 1 aliphatic heterocycles. The molecule has 0 aliphatic carbocycles. The fourth-order valence-corrected chi connectivity index (χ4v) is 4.11. The van der Waals surface area contributed by atoms with Crippen LogP contribution in [0.25, 0.3) is 22.6 Å². The number of carbonyl (C=O) groups is 1. The summed E-state index contributed by atoms with van der Waals surface area (Å²) in [6.07, 6.45) is 1.19. The van der Waals surface area contributed by atoms with Gasteiger partial charge in [0.15, 0.2) is 5.58 Å². The van der Waals surface area contributed by atoms with Gasteiger partial charge in [-0.2, -0.15) is 0 Å². The minimum Gasteiger partial charge on any atom is -0.436 e. The van der Waals surface area contributed by atoms with Gasteiger partial charge >= 0.3 is 0 Å². The van der Waals surface area contributed by atoms with Crippen LogP contribution in [0.4, 0.5) is 5.69 Å². The van der Waals surface area contributed by atoms with Gasteiger partial charge in [0, 0.05) is 37.4 Å². The van der Waals surface area contributed by atoms with Gasteiger partial charge in [-0.1, -0.05) is 12.1 Å². The van der Waals surface area contributed by atoms with Gasteiger partial charge in [0.1, 0.15) is 5.52 Å². The van der Waals surface area contributed by atoms with E-state index in [1.165, 1.54) is 6.42 Å². The van der Waals surface area contributed by atoms with Crippen molar-refractivity contribution in [2.24, 2.45) is 0 Å². The highest BCUT2D eigenvalue weighted by Crippen LogP contribution is 2.27. The topological polar surface area (TPSA) is 64.9 Å². The molecule has 4 rings (SSSR count). The molecular formula is C25H33N5O2. The van der Waals surface area contributed by atoms with E-state index in [2.05, 4.69) is 39.1 Å². The van der Waals surface area contributed by atoms with E-state index in [4.69, 9.17) is 4.42 Å². The number of nitrogens with zero attached hydrogens (tertiary/aromatic N) is 4. The first-order valence-electron chi connectivity index (χ1n) is 11.3. The summed E-state index contributed by atoms with van der Waals surface area (Å²) in [6.45, 7) is 8.59. The standard InChI is InChI=1S/C25H33N5O2/c1-19-17-20(25-27-22-7-4-5-8-23(22)32-25)9-10-21(19)26-24(31)18-30-15-13-29(14-16-30)12-6-11-28(2)3/h4-5,7-10,17H,6,11-16,18H2,1-3H3,(H,26,31). The normalized spacial score (nSPS) is 15.5. The van der Waals surface area contributed by atoms with Gasteiger partial charge in [-0.15, -0.1) is 0 Å². The van der Waals surface area contributed by atoms with Gasteiger partial charge in [-0.05, 0) is 76.4 Å². The summed E-state index contributed by atoms with van der Waals surface area (Å²) in [5.74, 6) is 0.624. The maximum absolute atomic E-state index is 12.6. The van der Waals surface area contributed by atoms with Crippen molar-refractivity contribution < 1.29 is 9.21 Å². The summed E-state index contributed by atoms with van der Waals surface area (Å²) in [6, 6.07) is 13.6. The predicted octanol–water partition coefficient (Wildman–Crippen LogP) is 3.31. The van der Waals surface area contributed by atoms with E-state index in [0.717, 1.165) is 67.2 Å². The Balaban J connectivity index is 1.28. The summed E-state index contributed by atoms with van der Waals surface area (Å²) >= 11 is 0. The molecule has 0 radical (unpaired) electrons. The molecule has 3 aromatic rings. The molecule has 0 saturated carbocycles. The zero-order chi connectivity index (χ0) is 22.5. The number of aryl methyl sites for hydroxylation is 1. The van der Waals surface area contributed by atoms with Crippen molar-refractivity contribution in [1.82, 2.24) is 19.7 Å². The van der Waals surface area contributed by atoms with Crippen molar-refractivity contribution in [3.8, 4) is 11.5 Å². The van der Waals surface area contributed by atoms with Crippen LogP contribution in [0.1, 0.15) is 12.0 Å². The largest absolute Gasteiger partial charge is 0.436 e. The van der Waals surface area contributed by atoms with E-state index in [1.54, 1.807) is 0 Å². The molecule has 170 valence electrons. The third kappa shape index (κ3) is 5.73. The number of para-hydroxylation sites is 2. The van der Waals surface area contributed by atoms with Crippen molar-refractivity contribution in [3.05, 3.63) is 48.0 Å². The number of anilines is 1. The van der Waals surface area contributed by atoms with Crippen LogP contribution in [-0.4, -0.2) is 85.5 Å². The predicted molar refractivity (Wildman–Crippen MR) is 129 cm³/mol. The molecule has 7 heteroatoms. The van der Waals surface area contributed by atoms with E-state index in [0.29, 0.717) is 12.4 Å². The Morgan fingerprint density at radius 3 is 2.56 bits per heavy atom. The van der Waals surface area contributed by atoms with Crippen molar-refractivity contribution in [3.63, 3.8) is 0 Å². The average molecular weight is 436 g/mol. The number of fused-ring (bicyclic) bond motifs is 1. The van der Waals surface area contributed by atoms with E-state index in [9.17, 15) is 4.79 Å². The first-order valence-corrected chi connectivity index (χ1v) is 11.3. The van der Waals surface area contributed by atoms with E-state index < -0.39 is 0 Å². The fraction of sp³-hybridized carbons (Fsp3) is 0.440. The summed E-state index contributed by atoms with van der Waals surface area (Å²) in [7, 11) is 4.23. The monoisotopic (exact) mass is 435 g/mol. The van der Waals surface area contributed by atoms with Crippen LogP contribution in [0.5, 0.6) is 0 Å². The van der Waals surface area contributed by atoms with E-state index in [1.807, 2.05) is 49.4 Å². The van der Waals surface area contributed by atoms with Crippen LogP contribution in [0.15, 0.2) is 46.9 Å². The maximum Gasteiger partial charge on any atom is 0.238 e. The number of aromatic nitrogens is 1. The molecule has 0 bridgehead atoms. The van der Waals surface area contributed by atoms with Crippen molar-refractivity contribution in [2.75, 3.05) is 65.2 Å². The number of carbonyl (C=O) groups excluding carboxylic acids is 1. The fourth-order valence-electron chi connectivity index (χ4n) is 4.11. The lowest BCUT2D eigenvalue weighted by Gasteiger charge is -2.34. The highest BCUT2D eigenvalue weighted by atomic mass is 16.3. The molecule has 0 unspecified atom stereocenters. The number of piperazine rings is 1. The Labute approximate surface area is 190 Å². The Morgan fingerprint density at radius 1 is 1.09 bits per heavy atom. The molecule has 0 atom stereocenters. The Bertz CT molecular complexity index is 1020. The average Bonchev–Trinajstić information content (AvgIpc) is 3.20. The molecule has 1 aromatic heterocycles. The maximum atomic E-state index is 12.6. The number of benzene rings is 2. The van der Waals surface area contributed by atoms with Crippen LogP contribution >= 0.6 is 0 Å². The van der Waals surface area contributed by atoms with Crippen LogP contribution < -0.4 is 5.32 Å². The number of nitrogens with one attached hydrogen (secondary N) is 1. The molecule has 2 aromatic carbocycles. The Kier molecular flexibility index (Phi) is 7.19. The van der Waals surface area contributed by atoms with Gasteiger partial charge in [-0.3, -0.25) is 9.69 Å². The smallest absolute Gasteiger partial charge is 0.238 e. The molecule has 32 heavy (non-hydrogen) atoms. The third-order valence-electron chi connectivity index (χ3n) is 5.95. The van der Waals surface area contributed by atoms with Gasteiger partial charge in [0.25, 0.3) is 0 Å². The SMILES string of the molecule is Cc1cc(-c2nc3ccccc3o2)ccc1NC(=O)CN1CCN(CCCN(C)C)CC1. The van der Waals surface area contributed by atoms with Gasteiger partial charge in [0.05, 0.1) is 6.54 Å². The lowest BCUT2D eigenvalue weighted by molar-refractivity contribution is -0.117. The van der Waals surface area contributed by atoms with Crippen LogP contribution in [-0.2, 0) is 4.79 Å². The molecule has 0 spiro atoms. The third-order valence-corrected chi connectivity index (χ3v) is 5.95.